The Bertz CT molecular complexity index is 738. The lowest BCUT2D eigenvalue weighted by Crippen LogP contribution is -2.59. The predicted molar refractivity (Wildman–Crippen MR) is 93.8 cm³/mol. The van der Waals surface area contributed by atoms with Crippen molar-refractivity contribution in [1.29, 1.82) is 0 Å². The van der Waals surface area contributed by atoms with Crippen LogP contribution in [0, 0.1) is 6.92 Å². The minimum absolute atomic E-state index is 0.0838. The van der Waals surface area contributed by atoms with Crippen LogP contribution in [0.4, 0.5) is 5.82 Å². The summed E-state index contributed by atoms with van der Waals surface area (Å²) in [4.78, 5) is 12.0. The minimum Gasteiger partial charge on any atom is -0.497 e. The lowest BCUT2D eigenvalue weighted by Gasteiger charge is -2.45. The van der Waals surface area contributed by atoms with Gasteiger partial charge in [-0.15, -0.1) is 0 Å². The monoisotopic (exact) mass is 328 g/mol. The molecule has 0 bridgehead atoms. The fourth-order valence-corrected chi connectivity index (χ4v) is 3.79. The Hall–Kier alpha value is -1.92. The van der Waals surface area contributed by atoms with Gasteiger partial charge in [0.1, 0.15) is 5.75 Å². The van der Waals surface area contributed by atoms with Crippen LogP contribution < -0.4 is 15.0 Å². The number of aromatic nitrogens is 2. The van der Waals surface area contributed by atoms with Crippen LogP contribution in [0.5, 0.6) is 5.75 Å². The van der Waals surface area contributed by atoms with E-state index in [1.165, 1.54) is 0 Å². The van der Waals surface area contributed by atoms with Crippen LogP contribution in [0.1, 0.15) is 18.5 Å². The van der Waals surface area contributed by atoms with Crippen LogP contribution in [-0.4, -0.2) is 55.5 Å². The lowest BCUT2D eigenvalue weighted by molar-refractivity contribution is -0.0726. The van der Waals surface area contributed by atoms with Crippen molar-refractivity contribution in [2.24, 2.45) is 0 Å². The maximum atomic E-state index is 6.15. The summed E-state index contributed by atoms with van der Waals surface area (Å²) >= 11 is 0. The molecule has 128 valence electrons. The van der Waals surface area contributed by atoms with Crippen LogP contribution in [0.15, 0.2) is 18.2 Å². The SMILES string of the molecule is COc1ccc2nc(N3CCCC4(CNCCO4)C3)c(C)nc2c1. The molecule has 1 unspecified atom stereocenters. The van der Waals surface area contributed by atoms with E-state index in [0.717, 1.165) is 73.9 Å². The highest BCUT2D eigenvalue weighted by Gasteiger charge is 2.38. The molecule has 24 heavy (non-hydrogen) atoms. The molecule has 1 aromatic heterocycles. The molecule has 2 aliphatic heterocycles. The molecule has 1 spiro atoms. The second-order valence-corrected chi connectivity index (χ2v) is 6.72. The van der Waals surface area contributed by atoms with Gasteiger partial charge in [0.05, 0.1) is 36.0 Å². The molecule has 3 heterocycles. The van der Waals surface area contributed by atoms with Gasteiger partial charge in [0.25, 0.3) is 0 Å². The predicted octanol–water partition coefficient (Wildman–Crippen LogP) is 1.91. The first-order valence-corrected chi connectivity index (χ1v) is 8.61. The quantitative estimate of drug-likeness (QED) is 0.909. The number of nitrogens with zero attached hydrogens (tertiary/aromatic N) is 3. The average Bonchev–Trinajstić information content (AvgIpc) is 2.61. The fraction of sp³-hybridized carbons (Fsp3) is 0.556. The highest BCUT2D eigenvalue weighted by atomic mass is 16.5. The first-order valence-electron chi connectivity index (χ1n) is 8.61. The summed E-state index contributed by atoms with van der Waals surface area (Å²) < 4.78 is 11.4. The second kappa shape index (κ2) is 6.18. The number of hydrogen-bond donors (Lipinski definition) is 1. The summed E-state index contributed by atoms with van der Waals surface area (Å²) in [5.74, 6) is 1.78. The van der Waals surface area contributed by atoms with E-state index in [1.807, 2.05) is 25.1 Å². The van der Waals surface area contributed by atoms with Gasteiger partial charge in [-0.3, -0.25) is 0 Å². The van der Waals surface area contributed by atoms with Gasteiger partial charge in [-0.05, 0) is 31.9 Å². The zero-order chi connectivity index (χ0) is 16.6. The summed E-state index contributed by atoms with van der Waals surface area (Å²) in [5, 5.41) is 3.47. The third-order valence-corrected chi connectivity index (χ3v) is 4.99. The zero-order valence-corrected chi connectivity index (χ0v) is 14.3. The summed E-state index contributed by atoms with van der Waals surface area (Å²) in [6.07, 6.45) is 2.22. The molecule has 2 saturated heterocycles. The molecular weight excluding hydrogens is 304 g/mol. The summed E-state index contributed by atoms with van der Waals surface area (Å²) in [5.41, 5.74) is 2.65. The molecular formula is C18H24N4O2. The van der Waals surface area contributed by atoms with Crippen molar-refractivity contribution in [2.45, 2.75) is 25.4 Å². The van der Waals surface area contributed by atoms with Crippen LogP contribution in [0.25, 0.3) is 11.0 Å². The number of anilines is 1. The van der Waals surface area contributed by atoms with E-state index in [0.29, 0.717) is 0 Å². The maximum absolute atomic E-state index is 6.15. The van der Waals surface area contributed by atoms with Crippen molar-refractivity contribution in [2.75, 3.05) is 44.8 Å². The largest absolute Gasteiger partial charge is 0.497 e. The third-order valence-electron chi connectivity index (χ3n) is 4.99. The number of benzene rings is 1. The molecule has 6 nitrogen and oxygen atoms in total. The Kier molecular flexibility index (Phi) is 4.02. The first-order chi connectivity index (χ1) is 11.7. The topological polar surface area (TPSA) is 59.5 Å². The fourth-order valence-electron chi connectivity index (χ4n) is 3.79. The Labute approximate surface area is 142 Å². The standard InChI is InChI=1S/C18H24N4O2/c1-13-17(21-15-5-4-14(23-2)10-16(15)20-13)22-8-3-6-18(12-22)11-19-7-9-24-18/h4-5,10,19H,3,6-9,11-12H2,1-2H3. The molecule has 4 rings (SSSR count). The van der Waals surface area contributed by atoms with Gasteiger partial charge >= 0.3 is 0 Å². The smallest absolute Gasteiger partial charge is 0.150 e. The van der Waals surface area contributed by atoms with Crippen LogP contribution in [0.2, 0.25) is 0 Å². The van der Waals surface area contributed by atoms with Crippen LogP contribution in [0.3, 0.4) is 0 Å². The van der Waals surface area contributed by atoms with E-state index < -0.39 is 0 Å². The van der Waals surface area contributed by atoms with Crippen LogP contribution >= 0.6 is 0 Å². The van der Waals surface area contributed by atoms with Crippen molar-refractivity contribution >= 4 is 16.9 Å². The number of rotatable bonds is 2. The van der Waals surface area contributed by atoms with E-state index in [-0.39, 0.29) is 5.60 Å². The van der Waals surface area contributed by atoms with Gasteiger partial charge in [0, 0.05) is 32.2 Å². The van der Waals surface area contributed by atoms with Gasteiger partial charge < -0.3 is 19.7 Å². The van der Waals surface area contributed by atoms with Crippen molar-refractivity contribution < 1.29 is 9.47 Å². The molecule has 1 N–H and O–H groups in total. The Balaban J connectivity index is 1.66. The first kappa shape index (κ1) is 15.6. The third kappa shape index (κ3) is 2.80. The highest BCUT2D eigenvalue weighted by molar-refractivity contribution is 5.78. The van der Waals surface area contributed by atoms with Crippen molar-refractivity contribution in [3.63, 3.8) is 0 Å². The van der Waals surface area contributed by atoms with Gasteiger partial charge in [-0.1, -0.05) is 0 Å². The molecule has 2 fully saturated rings. The molecule has 0 aliphatic carbocycles. The van der Waals surface area contributed by atoms with Gasteiger partial charge in [-0.25, -0.2) is 9.97 Å². The van der Waals surface area contributed by atoms with Gasteiger partial charge in [0.15, 0.2) is 5.82 Å². The zero-order valence-electron chi connectivity index (χ0n) is 14.3. The van der Waals surface area contributed by atoms with Crippen LogP contribution in [-0.2, 0) is 4.74 Å². The maximum Gasteiger partial charge on any atom is 0.150 e. The number of ether oxygens (including phenoxy) is 2. The van der Waals surface area contributed by atoms with E-state index in [1.54, 1.807) is 7.11 Å². The van der Waals surface area contributed by atoms with E-state index in [4.69, 9.17) is 19.4 Å². The van der Waals surface area contributed by atoms with E-state index in [9.17, 15) is 0 Å². The minimum atomic E-state index is -0.0838. The summed E-state index contributed by atoms with van der Waals surface area (Å²) in [6.45, 7) is 6.55. The Morgan fingerprint density at radius 2 is 2.21 bits per heavy atom. The molecule has 2 aromatic rings. The van der Waals surface area contributed by atoms with E-state index >= 15 is 0 Å². The number of morpholine rings is 1. The number of nitrogens with one attached hydrogen (secondary N) is 1. The molecule has 0 amide bonds. The Morgan fingerprint density at radius 1 is 1.29 bits per heavy atom. The highest BCUT2D eigenvalue weighted by Crippen LogP contribution is 2.31. The summed E-state index contributed by atoms with van der Waals surface area (Å²) in [6, 6.07) is 5.84. The number of aryl methyl sites for hydroxylation is 1. The number of fused-ring (bicyclic) bond motifs is 1. The molecule has 1 aromatic carbocycles. The van der Waals surface area contributed by atoms with Crippen molar-refractivity contribution in [3.05, 3.63) is 23.9 Å². The molecule has 2 aliphatic rings. The van der Waals surface area contributed by atoms with Crippen molar-refractivity contribution in [3.8, 4) is 5.75 Å². The molecule has 1 atom stereocenters. The molecule has 6 heteroatoms. The Morgan fingerprint density at radius 3 is 3.00 bits per heavy atom. The second-order valence-electron chi connectivity index (χ2n) is 6.72. The number of methoxy groups -OCH3 is 1. The molecule has 0 saturated carbocycles. The normalized spacial score (nSPS) is 24.5. The number of piperidine rings is 1. The average molecular weight is 328 g/mol. The van der Waals surface area contributed by atoms with Gasteiger partial charge in [-0.2, -0.15) is 0 Å². The molecule has 0 radical (unpaired) electrons. The summed E-state index contributed by atoms with van der Waals surface area (Å²) in [7, 11) is 1.67. The number of hydrogen-bond acceptors (Lipinski definition) is 6. The van der Waals surface area contributed by atoms with E-state index in [2.05, 4.69) is 10.2 Å². The van der Waals surface area contributed by atoms with Crippen molar-refractivity contribution in [1.82, 2.24) is 15.3 Å². The van der Waals surface area contributed by atoms with Gasteiger partial charge in [0.2, 0.25) is 0 Å². The lowest BCUT2D eigenvalue weighted by atomic mass is 9.91.